The second-order valence-electron chi connectivity index (χ2n) is 5.32. The van der Waals surface area contributed by atoms with Crippen molar-refractivity contribution in [1.29, 1.82) is 0 Å². The van der Waals surface area contributed by atoms with E-state index in [1.54, 1.807) is 0 Å². The van der Waals surface area contributed by atoms with Crippen LogP contribution in [0.5, 0.6) is 0 Å². The van der Waals surface area contributed by atoms with Gasteiger partial charge in [0, 0.05) is 11.1 Å². The van der Waals surface area contributed by atoms with E-state index in [1.165, 1.54) is 24.3 Å². The maximum atomic E-state index is 12.2. The highest BCUT2D eigenvalue weighted by molar-refractivity contribution is 7.91. The Bertz CT molecular complexity index is 1230. The summed E-state index contributed by atoms with van der Waals surface area (Å²) in [4.78, 5) is 24.4. The molecule has 0 saturated heterocycles. The number of amides is 2. The molecule has 0 spiro atoms. The van der Waals surface area contributed by atoms with Gasteiger partial charge in [0.15, 0.2) is 0 Å². The van der Waals surface area contributed by atoms with Crippen molar-refractivity contribution in [1.82, 2.24) is 20.4 Å². The summed E-state index contributed by atoms with van der Waals surface area (Å²) in [7, 11) is -8.06. The summed E-state index contributed by atoms with van der Waals surface area (Å²) in [5, 5.41) is 28.1. The fourth-order valence-corrected chi connectivity index (χ4v) is 4.52. The third kappa shape index (κ3) is 5.17. The van der Waals surface area contributed by atoms with E-state index in [4.69, 9.17) is 10.3 Å². The summed E-state index contributed by atoms with van der Waals surface area (Å²) >= 11 is 1.16. The van der Waals surface area contributed by atoms with Gasteiger partial charge >= 0.3 is 0 Å². The Balaban J connectivity index is 1.66. The molecule has 0 aliphatic heterocycles. The van der Waals surface area contributed by atoms with Crippen LogP contribution in [0.15, 0.2) is 32.9 Å². The normalized spacial score (nSPS) is 11.8. The number of aromatic nitrogens is 4. The highest BCUT2D eigenvalue weighted by Crippen LogP contribution is 2.21. The van der Waals surface area contributed by atoms with Crippen molar-refractivity contribution < 1.29 is 26.4 Å². The molecule has 1 aromatic carbocycles. The van der Waals surface area contributed by atoms with E-state index in [9.17, 15) is 26.4 Å². The van der Waals surface area contributed by atoms with Gasteiger partial charge in [-0.1, -0.05) is 22.7 Å². The Labute approximate surface area is 176 Å². The maximum absolute atomic E-state index is 12.2. The van der Waals surface area contributed by atoms with Crippen molar-refractivity contribution in [3.05, 3.63) is 35.4 Å². The molecular formula is C12H10N8O6S4. The third-order valence-electron chi connectivity index (χ3n) is 3.15. The fourth-order valence-electron chi connectivity index (χ4n) is 1.86. The lowest BCUT2D eigenvalue weighted by molar-refractivity contribution is 0.101. The van der Waals surface area contributed by atoms with Gasteiger partial charge in [0.25, 0.3) is 31.9 Å². The molecule has 2 aromatic heterocycles. The Kier molecular flexibility index (Phi) is 5.87. The number of sulfonamides is 2. The monoisotopic (exact) mass is 490 g/mol. The largest absolute Gasteiger partial charge is 0.296 e. The highest BCUT2D eigenvalue weighted by Gasteiger charge is 2.19. The van der Waals surface area contributed by atoms with Crippen LogP contribution in [0, 0.1) is 0 Å². The summed E-state index contributed by atoms with van der Waals surface area (Å²) in [5.41, 5.74) is 0.290. The summed E-state index contributed by atoms with van der Waals surface area (Å²) < 4.78 is 43.8. The molecule has 2 heterocycles. The van der Waals surface area contributed by atoms with Gasteiger partial charge in [-0.15, -0.1) is 20.4 Å². The second kappa shape index (κ2) is 8.08. The molecule has 0 aliphatic rings. The van der Waals surface area contributed by atoms with E-state index in [1.807, 2.05) is 0 Å². The molecule has 0 fully saturated rings. The van der Waals surface area contributed by atoms with Gasteiger partial charge in [0.1, 0.15) is 0 Å². The number of primary sulfonamides is 2. The zero-order valence-corrected chi connectivity index (χ0v) is 17.6. The number of carbonyl (C=O) groups excluding carboxylic acids is 2. The average Bonchev–Trinajstić information content (AvgIpc) is 3.31. The van der Waals surface area contributed by atoms with Crippen LogP contribution in [-0.2, 0) is 20.0 Å². The predicted molar refractivity (Wildman–Crippen MR) is 105 cm³/mol. The van der Waals surface area contributed by atoms with Gasteiger partial charge in [0.2, 0.25) is 18.9 Å². The fraction of sp³-hybridized carbons (Fsp3) is 0. The zero-order valence-electron chi connectivity index (χ0n) is 14.3. The van der Waals surface area contributed by atoms with E-state index < -0.39 is 40.5 Å². The molecule has 0 aliphatic carbocycles. The van der Waals surface area contributed by atoms with E-state index in [0.717, 1.165) is 0 Å². The minimum Gasteiger partial charge on any atom is -0.296 e. The van der Waals surface area contributed by atoms with Crippen LogP contribution >= 0.6 is 22.7 Å². The first-order valence-corrected chi connectivity index (χ1v) is 12.1. The Morgan fingerprint density at radius 2 is 1.03 bits per heavy atom. The lowest BCUT2D eigenvalue weighted by Crippen LogP contribution is -2.14. The standard InChI is InChI=1S/C12H10N8O6S4/c13-29(23,24)11-19-17-9(27-11)15-7(21)5-1-2-6(4-3-5)8(22)16-10-18-20-12(28-10)30(14,25)26/h1-4H,(H2,13,23,24)(H2,14,25,26)(H,15,17,21)(H,16,18,22). The number of benzene rings is 1. The van der Waals surface area contributed by atoms with E-state index >= 15 is 0 Å². The number of rotatable bonds is 6. The molecule has 0 radical (unpaired) electrons. The molecule has 3 aromatic rings. The van der Waals surface area contributed by atoms with Crippen LogP contribution < -0.4 is 20.9 Å². The first-order valence-electron chi connectivity index (χ1n) is 7.39. The Hall–Kier alpha value is -2.90. The lowest BCUT2D eigenvalue weighted by atomic mass is 10.1. The molecule has 2 amide bonds. The topological polar surface area (TPSA) is 230 Å². The van der Waals surface area contributed by atoms with Crippen molar-refractivity contribution in [3.8, 4) is 0 Å². The minimum absolute atomic E-state index is 0.0761. The number of carbonyl (C=O) groups is 2. The molecular weight excluding hydrogens is 480 g/mol. The number of nitrogens with two attached hydrogens (primary N) is 2. The van der Waals surface area contributed by atoms with Gasteiger partial charge in [-0.2, -0.15) is 0 Å². The maximum Gasteiger partial charge on any atom is 0.267 e. The number of hydrogen-bond donors (Lipinski definition) is 4. The summed E-state index contributed by atoms with van der Waals surface area (Å²) in [6.07, 6.45) is 0. The van der Waals surface area contributed by atoms with Crippen molar-refractivity contribution in [2.75, 3.05) is 10.6 Å². The van der Waals surface area contributed by atoms with Crippen LogP contribution in [0.25, 0.3) is 0 Å². The van der Waals surface area contributed by atoms with Gasteiger partial charge in [0.05, 0.1) is 0 Å². The third-order valence-corrected chi connectivity index (χ3v) is 7.45. The molecule has 0 atom stereocenters. The molecule has 6 N–H and O–H groups in total. The molecule has 30 heavy (non-hydrogen) atoms. The van der Waals surface area contributed by atoms with Crippen molar-refractivity contribution in [3.63, 3.8) is 0 Å². The molecule has 0 saturated carbocycles. The van der Waals surface area contributed by atoms with Gasteiger partial charge in [-0.25, -0.2) is 27.1 Å². The molecule has 18 heteroatoms. The first kappa shape index (κ1) is 21.8. The van der Waals surface area contributed by atoms with Crippen LogP contribution in [0.2, 0.25) is 0 Å². The smallest absolute Gasteiger partial charge is 0.267 e. The summed E-state index contributed by atoms with van der Waals surface area (Å²) in [6.45, 7) is 0. The lowest BCUT2D eigenvalue weighted by Gasteiger charge is -2.04. The Morgan fingerprint density at radius 1 is 0.700 bits per heavy atom. The highest BCUT2D eigenvalue weighted by atomic mass is 32.3. The zero-order chi connectivity index (χ0) is 22.1. The molecule has 0 unspecified atom stereocenters. The number of hydrogen-bond acceptors (Lipinski definition) is 12. The van der Waals surface area contributed by atoms with Crippen LogP contribution in [-0.4, -0.2) is 49.0 Å². The predicted octanol–water partition coefficient (Wildman–Crippen LogP) is -0.811. The first-order chi connectivity index (χ1) is 13.9. The molecule has 0 bridgehead atoms. The van der Waals surface area contributed by atoms with Crippen molar-refractivity contribution in [2.24, 2.45) is 10.3 Å². The SMILES string of the molecule is NS(=O)(=O)c1nnc(NC(=O)c2ccc(C(=O)Nc3nnc(S(N)(=O)=O)s3)cc2)s1. The number of nitrogens with one attached hydrogen (secondary N) is 2. The number of nitrogens with zero attached hydrogens (tertiary/aromatic N) is 4. The van der Waals surface area contributed by atoms with Crippen molar-refractivity contribution in [2.45, 2.75) is 8.68 Å². The minimum atomic E-state index is -4.03. The summed E-state index contributed by atoms with van der Waals surface area (Å²) in [6, 6.07) is 5.34. The quantitative estimate of drug-likeness (QED) is 0.314. The average molecular weight is 491 g/mol. The molecule has 158 valence electrons. The van der Waals surface area contributed by atoms with Crippen LogP contribution in [0.3, 0.4) is 0 Å². The molecule has 14 nitrogen and oxygen atoms in total. The van der Waals surface area contributed by atoms with Crippen LogP contribution in [0.1, 0.15) is 20.7 Å². The van der Waals surface area contributed by atoms with E-state index in [2.05, 4.69) is 31.0 Å². The van der Waals surface area contributed by atoms with Gasteiger partial charge in [-0.3, -0.25) is 20.2 Å². The van der Waals surface area contributed by atoms with E-state index in [0.29, 0.717) is 22.7 Å². The van der Waals surface area contributed by atoms with Gasteiger partial charge < -0.3 is 0 Å². The second-order valence-corrected chi connectivity index (χ2v) is 10.7. The van der Waals surface area contributed by atoms with Gasteiger partial charge in [-0.05, 0) is 24.3 Å². The van der Waals surface area contributed by atoms with E-state index in [-0.39, 0.29) is 21.4 Å². The summed E-state index contributed by atoms with van der Waals surface area (Å²) in [5.74, 6) is -1.25. The Morgan fingerprint density at radius 3 is 1.30 bits per heavy atom. The number of anilines is 2. The van der Waals surface area contributed by atoms with Crippen LogP contribution in [0.4, 0.5) is 10.3 Å². The van der Waals surface area contributed by atoms with Crippen molar-refractivity contribution >= 4 is 64.8 Å². The molecule has 3 rings (SSSR count).